The van der Waals surface area contributed by atoms with Gasteiger partial charge in [0, 0.05) is 24.7 Å². The first kappa shape index (κ1) is 27.2. The fourth-order valence-electron chi connectivity index (χ4n) is 7.22. The van der Waals surface area contributed by atoms with Gasteiger partial charge in [-0.3, -0.25) is 9.59 Å². The highest BCUT2D eigenvalue weighted by Crippen LogP contribution is 2.60. The Kier molecular flexibility index (Phi) is 7.07. The second-order valence-electron chi connectivity index (χ2n) is 12.0. The summed E-state index contributed by atoms with van der Waals surface area (Å²) in [6.45, 7) is 6.11. The van der Waals surface area contributed by atoms with Crippen LogP contribution in [-0.4, -0.2) is 35.8 Å². The highest BCUT2D eigenvalue weighted by Gasteiger charge is 2.69. The number of nitriles is 1. The maximum Gasteiger partial charge on any atom is 0.308 e. The van der Waals surface area contributed by atoms with Crippen molar-refractivity contribution in [2.24, 2.45) is 23.7 Å². The number of nitrogens with zero attached hydrogens (tertiary/aromatic N) is 1. The van der Waals surface area contributed by atoms with Gasteiger partial charge < -0.3 is 19.5 Å². The van der Waals surface area contributed by atoms with Crippen LogP contribution in [0, 0.1) is 35.0 Å². The van der Waals surface area contributed by atoms with E-state index < -0.39 is 41.9 Å². The molecule has 9 heteroatoms. The van der Waals surface area contributed by atoms with Crippen LogP contribution in [0.15, 0.2) is 42.5 Å². The SMILES string of the molecule is C[C@@H]1CCC2[C@@H](C)[C@H](OC(=O)CCC(=O)NC(C#N)c3ccc4ccccc4c3)O[C@@H]3O[C@]4(C)CCC1[C@@]23OO4. The number of hydrogen-bond donors (Lipinski definition) is 1. The monoisotopic (exact) mass is 548 g/mol. The molecule has 4 saturated heterocycles. The first-order chi connectivity index (χ1) is 19.2. The maximum atomic E-state index is 12.9. The standard InChI is InChI=1S/C31H36N2O7/c1-18-8-11-24-19(2)28(37-29-31(24)23(18)14-15-30(3,38-29)39-40-31)36-27(35)13-12-26(34)33-25(17-32)22-10-9-20-6-4-5-7-21(20)16-22/h4-7,9-10,16,18-19,23-25,28-29H,8,11-15H2,1-3H3,(H,33,34)/t18-,19-,23?,24?,25?,28-,29-,30+,31-/m1/s1. The summed E-state index contributed by atoms with van der Waals surface area (Å²) in [7, 11) is 0. The Morgan fingerprint density at radius 2 is 1.88 bits per heavy atom. The van der Waals surface area contributed by atoms with E-state index in [1.54, 1.807) is 0 Å². The van der Waals surface area contributed by atoms with E-state index in [0.29, 0.717) is 17.9 Å². The van der Waals surface area contributed by atoms with E-state index in [0.717, 1.165) is 30.0 Å². The van der Waals surface area contributed by atoms with E-state index in [9.17, 15) is 14.9 Å². The fraction of sp³-hybridized carbons (Fsp3) is 0.581. The van der Waals surface area contributed by atoms with Crippen molar-refractivity contribution in [1.29, 1.82) is 5.26 Å². The summed E-state index contributed by atoms with van der Waals surface area (Å²) < 4.78 is 18.4. The molecule has 5 aliphatic rings. The normalized spacial score (nSPS) is 37.0. The Labute approximate surface area is 234 Å². The first-order valence-electron chi connectivity index (χ1n) is 14.3. The molecule has 1 spiro atoms. The van der Waals surface area contributed by atoms with Crippen LogP contribution in [0.2, 0.25) is 0 Å². The fourth-order valence-corrected chi connectivity index (χ4v) is 7.22. The summed E-state index contributed by atoms with van der Waals surface area (Å²) >= 11 is 0. The number of carbonyl (C=O) groups excluding carboxylic acids is 2. The maximum absolute atomic E-state index is 12.9. The van der Waals surface area contributed by atoms with Crippen LogP contribution >= 0.6 is 0 Å². The lowest BCUT2D eigenvalue weighted by atomic mass is 9.58. The minimum atomic E-state index is -0.910. The van der Waals surface area contributed by atoms with Gasteiger partial charge in [0.05, 0.1) is 12.5 Å². The molecule has 7 rings (SSSR count). The third-order valence-electron chi connectivity index (χ3n) is 9.44. The van der Waals surface area contributed by atoms with Crippen molar-refractivity contribution in [3.05, 3.63) is 48.0 Å². The van der Waals surface area contributed by atoms with Gasteiger partial charge in [0.15, 0.2) is 11.9 Å². The predicted molar refractivity (Wildman–Crippen MR) is 143 cm³/mol. The van der Waals surface area contributed by atoms with E-state index in [-0.39, 0.29) is 30.6 Å². The molecule has 2 aromatic rings. The van der Waals surface area contributed by atoms with Crippen molar-refractivity contribution >= 4 is 22.6 Å². The molecule has 3 unspecified atom stereocenters. The summed E-state index contributed by atoms with van der Waals surface area (Å²) in [5.41, 5.74) is -0.0431. The molecule has 212 valence electrons. The zero-order valence-electron chi connectivity index (χ0n) is 23.1. The van der Waals surface area contributed by atoms with Gasteiger partial charge in [-0.15, -0.1) is 0 Å². The number of rotatable bonds is 6. The molecule has 0 aromatic heterocycles. The molecule has 1 amide bonds. The molecular weight excluding hydrogens is 512 g/mol. The minimum Gasteiger partial charge on any atom is -0.435 e. The molecular formula is C31H36N2O7. The number of hydrogen-bond acceptors (Lipinski definition) is 8. The zero-order chi connectivity index (χ0) is 28.1. The van der Waals surface area contributed by atoms with Crippen molar-refractivity contribution in [2.45, 2.75) is 89.3 Å². The third-order valence-corrected chi connectivity index (χ3v) is 9.44. The molecule has 2 bridgehead atoms. The smallest absolute Gasteiger partial charge is 0.308 e. The molecule has 2 aromatic carbocycles. The van der Waals surface area contributed by atoms with Gasteiger partial charge in [-0.25, -0.2) is 9.78 Å². The Balaban J connectivity index is 1.08. The van der Waals surface area contributed by atoms with Crippen LogP contribution in [-0.2, 0) is 33.6 Å². The van der Waals surface area contributed by atoms with E-state index in [1.807, 2.05) is 56.3 Å². The summed E-state index contributed by atoms with van der Waals surface area (Å²) in [4.78, 5) is 37.5. The second kappa shape index (κ2) is 10.4. The van der Waals surface area contributed by atoms with Gasteiger partial charge >= 0.3 is 5.97 Å². The lowest BCUT2D eigenvalue weighted by Crippen LogP contribution is -2.70. The Morgan fingerprint density at radius 3 is 2.67 bits per heavy atom. The quantitative estimate of drug-likeness (QED) is 0.394. The van der Waals surface area contributed by atoms with E-state index in [4.69, 9.17) is 24.0 Å². The topological polar surface area (TPSA) is 116 Å². The number of esters is 1. The molecule has 9 atom stereocenters. The largest absolute Gasteiger partial charge is 0.435 e. The molecule has 40 heavy (non-hydrogen) atoms. The van der Waals surface area contributed by atoms with Crippen molar-refractivity contribution in [2.75, 3.05) is 0 Å². The van der Waals surface area contributed by atoms with E-state index in [1.165, 1.54) is 0 Å². The molecule has 4 aliphatic heterocycles. The number of carbonyl (C=O) groups is 2. The summed E-state index contributed by atoms with van der Waals surface area (Å²) in [5.74, 6) is -1.30. The van der Waals surface area contributed by atoms with Crippen LogP contribution < -0.4 is 5.32 Å². The number of amides is 1. The van der Waals surface area contributed by atoms with Crippen molar-refractivity contribution in [1.82, 2.24) is 5.32 Å². The number of ether oxygens (including phenoxy) is 3. The Hall–Kier alpha value is -3.03. The Bertz CT molecular complexity index is 1340. The lowest BCUT2D eigenvalue weighted by molar-refractivity contribution is -0.576. The van der Waals surface area contributed by atoms with Crippen LogP contribution in [0.3, 0.4) is 0 Å². The third kappa shape index (κ3) is 4.67. The highest BCUT2D eigenvalue weighted by molar-refractivity contribution is 5.84. The molecule has 9 nitrogen and oxygen atoms in total. The minimum absolute atomic E-state index is 0.0366. The number of fused-ring (bicyclic) bond motifs is 3. The van der Waals surface area contributed by atoms with Gasteiger partial charge in [0.1, 0.15) is 6.04 Å². The van der Waals surface area contributed by atoms with Crippen LogP contribution in [0.25, 0.3) is 10.8 Å². The van der Waals surface area contributed by atoms with Gasteiger partial charge in [0.25, 0.3) is 0 Å². The molecule has 4 heterocycles. The van der Waals surface area contributed by atoms with Crippen LogP contribution in [0.4, 0.5) is 0 Å². The molecule has 1 N–H and O–H groups in total. The van der Waals surface area contributed by atoms with Gasteiger partial charge in [0.2, 0.25) is 18.0 Å². The number of benzene rings is 2. The van der Waals surface area contributed by atoms with Crippen molar-refractivity contribution < 1.29 is 33.6 Å². The summed E-state index contributed by atoms with van der Waals surface area (Å²) in [6, 6.07) is 14.8. The average Bonchev–Trinajstić information content (AvgIpc) is 3.18. The zero-order valence-corrected chi connectivity index (χ0v) is 23.1. The first-order valence-corrected chi connectivity index (χ1v) is 14.3. The van der Waals surface area contributed by atoms with Gasteiger partial charge in [-0.2, -0.15) is 5.26 Å². The van der Waals surface area contributed by atoms with Crippen molar-refractivity contribution in [3.8, 4) is 6.07 Å². The average molecular weight is 549 g/mol. The molecule has 1 saturated carbocycles. The summed E-state index contributed by atoms with van der Waals surface area (Å²) in [5, 5.41) is 14.4. The van der Waals surface area contributed by atoms with Crippen molar-refractivity contribution in [3.63, 3.8) is 0 Å². The lowest BCUT2D eigenvalue weighted by Gasteiger charge is -2.59. The van der Waals surface area contributed by atoms with Crippen LogP contribution in [0.5, 0.6) is 0 Å². The van der Waals surface area contributed by atoms with Crippen LogP contribution in [0.1, 0.15) is 70.9 Å². The van der Waals surface area contributed by atoms with Gasteiger partial charge in [-0.05, 0) is 60.4 Å². The van der Waals surface area contributed by atoms with Gasteiger partial charge in [-0.1, -0.05) is 50.2 Å². The molecule has 1 aliphatic carbocycles. The Morgan fingerprint density at radius 1 is 1.07 bits per heavy atom. The second-order valence-corrected chi connectivity index (χ2v) is 12.0. The molecule has 0 radical (unpaired) electrons. The molecule has 5 fully saturated rings. The number of nitrogens with one attached hydrogen (secondary N) is 1. The highest BCUT2D eigenvalue weighted by atomic mass is 17.3. The van der Waals surface area contributed by atoms with E-state index in [2.05, 4.69) is 18.3 Å². The van der Waals surface area contributed by atoms with E-state index >= 15 is 0 Å². The summed E-state index contributed by atoms with van der Waals surface area (Å²) in [6.07, 6.45) is 1.80. The predicted octanol–water partition coefficient (Wildman–Crippen LogP) is 5.05.